The number of nitrogens with zero attached hydrogens (tertiary/aromatic N) is 1. The van der Waals surface area contributed by atoms with Crippen LogP contribution in [0.1, 0.15) is 25.7 Å². The Bertz CT molecular complexity index is 596. The number of amides is 1. The highest BCUT2D eigenvalue weighted by atomic mass is 16.6. The molecule has 1 aromatic rings. The number of benzene rings is 1. The smallest absolute Gasteiger partial charge is 0.329 e. The summed E-state index contributed by atoms with van der Waals surface area (Å²) >= 11 is 0. The van der Waals surface area contributed by atoms with Crippen LogP contribution >= 0.6 is 0 Å². The van der Waals surface area contributed by atoms with E-state index in [1.165, 1.54) is 18.2 Å². The lowest BCUT2D eigenvalue weighted by Gasteiger charge is -2.25. The Balaban J connectivity index is 1.99. The molecule has 1 saturated carbocycles. The first-order valence-corrected chi connectivity index (χ1v) is 6.96. The van der Waals surface area contributed by atoms with Gasteiger partial charge in [-0.1, -0.05) is 25.0 Å². The molecule has 1 fully saturated rings. The maximum absolute atomic E-state index is 12.0. The number of nitro groups is 1. The molecule has 8 nitrogen and oxygen atoms in total. The summed E-state index contributed by atoms with van der Waals surface area (Å²) in [5.74, 6) is -1.54. The van der Waals surface area contributed by atoms with Crippen molar-refractivity contribution in [3.8, 4) is 0 Å². The highest BCUT2D eigenvalue weighted by Crippen LogP contribution is 2.30. The Hall–Kier alpha value is -2.64. The van der Waals surface area contributed by atoms with E-state index in [2.05, 4.69) is 10.6 Å². The molecule has 1 aromatic carbocycles. The van der Waals surface area contributed by atoms with E-state index in [1.807, 2.05) is 0 Å². The van der Waals surface area contributed by atoms with Crippen LogP contribution in [0.5, 0.6) is 0 Å². The summed E-state index contributed by atoms with van der Waals surface area (Å²) in [6.07, 6.45) is 2.31. The molecule has 118 valence electrons. The van der Waals surface area contributed by atoms with Crippen molar-refractivity contribution in [3.05, 3.63) is 34.4 Å². The van der Waals surface area contributed by atoms with Crippen LogP contribution in [0.15, 0.2) is 24.3 Å². The number of anilines is 1. The topological polar surface area (TPSA) is 122 Å². The van der Waals surface area contributed by atoms with Crippen molar-refractivity contribution in [1.82, 2.24) is 5.32 Å². The normalized spacial score (nSPS) is 16.0. The predicted octanol–water partition coefficient (Wildman–Crippen LogP) is 1.52. The Morgan fingerprint density at radius 3 is 2.50 bits per heavy atom. The summed E-state index contributed by atoms with van der Waals surface area (Å²) in [7, 11) is 0. The van der Waals surface area contributed by atoms with E-state index >= 15 is 0 Å². The zero-order chi connectivity index (χ0) is 16.2. The minimum absolute atomic E-state index is 0.135. The van der Waals surface area contributed by atoms with Crippen molar-refractivity contribution >= 4 is 23.3 Å². The molecule has 0 unspecified atom stereocenters. The van der Waals surface area contributed by atoms with Crippen LogP contribution in [0, 0.1) is 10.1 Å². The number of carboxylic acids is 1. The van der Waals surface area contributed by atoms with Crippen molar-refractivity contribution < 1.29 is 19.6 Å². The Morgan fingerprint density at radius 2 is 1.91 bits per heavy atom. The Labute approximate surface area is 126 Å². The molecule has 0 saturated heterocycles. The van der Waals surface area contributed by atoms with Gasteiger partial charge >= 0.3 is 5.97 Å². The van der Waals surface area contributed by atoms with E-state index in [9.17, 15) is 24.8 Å². The largest absolute Gasteiger partial charge is 0.480 e. The Morgan fingerprint density at radius 1 is 1.27 bits per heavy atom. The molecule has 0 bridgehead atoms. The summed E-state index contributed by atoms with van der Waals surface area (Å²) in [6.45, 7) is -0.222. The number of carboxylic acid groups (broad SMARTS) is 1. The van der Waals surface area contributed by atoms with Gasteiger partial charge in [0.15, 0.2) is 0 Å². The first-order valence-electron chi connectivity index (χ1n) is 6.96. The molecule has 1 amide bonds. The fraction of sp³-hybridized carbons (Fsp3) is 0.429. The number of hydrogen-bond donors (Lipinski definition) is 3. The second kappa shape index (κ2) is 6.42. The van der Waals surface area contributed by atoms with E-state index in [-0.39, 0.29) is 17.9 Å². The average Bonchev–Trinajstić information content (AvgIpc) is 2.95. The number of aliphatic carboxylic acids is 1. The highest BCUT2D eigenvalue weighted by Gasteiger charge is 2.42. The summed E-state index contributed by atoms with van der Waals surface area (Å²) < 4.78 is 0. The van der Waals surface area contributed by atoms with E-state index in [0.29, 0.717) is 12.8 Å². The number of nitrogens with one attached hydrogen (secondary N) is 2. The van der Waals surface area contributed by atoms with Gasteiger partial charge in [-0.15, -0.1) is 0 Å². The molecule has 0 aliphatic heterocycles. The molecule has 0 spiro atoms. The van der Waals surface area contributed by atoms with Crippen LogP contribution in [-0.2, 0) is 9.59 Å². The molecule has 0 heterocycles. The molecule has 8 heteroatoms. The third-order valence-corrected chi connectivity index (χ3v) is 3.79. The van der Waals surface area contributed by atoms with Gasteiger partial charge in [-0.3, -0.25) is 14.9 Å². The molecule has 2 rings (SSSR count). The van der Waals surface area contributed by atoms with Gasteiger partial charge in [0.05, 0.1) is 11.5 Å². The monoisotopic (exact) mass is 307 g/mol. The first-order chi connectivity index (χ1) is 10.4. The molecule has 1 aliphatic carbocycles. The van der Waals surface area contributed by atoms with E-state index in [4.69, 9.17) is 0 Å². The van der Waals surface area contributed by atoms with Crippen LogP contribution < -0.4 is 10.6 Å². The number of para-hydroxylation sites is 2. The lowest BCUT2D eigenvalue weighted by molar-refractivity contribution is -0.383. The molecule has 22 heavy (non-hydrogen) atoms. The lowest BCUT2D eigenvalue weighted by atomic mass is 9.98. The van der Waals surface area contributed by atoms with Gasteiger partial charge in [0.1, 0.15) is 11.2 Å². The zero-order valence-electron chi connectivity index (χ0n) is 11.9. The second-order valence-corrected chi connectivity index (χ2v) is 5.27. The lowest BCUT2D eigenvalue weighted by Crippen LogP contribution is -2.53. The number of hydrogen-bond acceptors (Lipinski definition) is 5. The van der Waals surface area contributed by atoms with Crippen molar-refractivity contribution in [2.45, 2.75) is 31.2 Å². The van der Waals surface area contributed by atoms with Crippen LogP contribution in [-0.4, -0.2) is 34.0 Å². The average molecular weight is 307 g/mol. The minimum Gasteiger partial charge on any atom is -0.480 e. The SMILES string of the molecule is O=C(CNc1ccccc1[N+](=O)[O-])NC1(C(=O)O)CCCC1. The molecule has 3 N–H and O–H groups in total. The standard InChI is InChI=1S/C14H17N3O5/c18-12(16-14(13(19)20)7-3-4-8-14)9-15-10-5-1-2-6-11(10)17(21)22/h1-2,5-6,15H,3-4,7-9H2,(H,16,18)(H,19,20). The van der Waals surface area contributed by atoms with Gasteiger partial charge in [-0.2, -0.15) is 0 Å². The summed E-state index contributed by atoms with van der Waals surface area (Å²) in [4.78, 5) is 33.6. The van der Waals surface area contributed by atoms with E-state index in [1.54, 1.807) is 6.07 Å². The first kappa shape index (κ1) is 15.7. The van der Waals surface area contributed by atoms with Crippen LogP contribution in [0.25, 0.3) is 0 Å². The number of rotatable bonds is 6. The van der Waals surface area contributed by atoms with Crippen LogP contribution in [0.4, 0.5) is 11.4 Å². The summed E-state index contributed by atoms with van der Waals surface area (Å²) in [5.41, 5.74) is -1.12. The van der Waals surface area contributed by atoms with Crippen molar-refractivity contribution in [1.29, 1.82) is 0 Å². The number of nitro benzene ring substituents is 1. The third-order valence-electron chi connectivity index (χ3n) is 3.79. The van der Waals surface area contributed by atoms with Crippen LogP contribution in [0.3, 0.4) is 0 Å². The minimum atomic E-state index is -1.21. The van der Waals surface area contributed by atoms with Crippen molar-refractivity contribution in [2.24, 2.45) is 0 Å². The van der Waals surface area contributed by atoms with Gasteiger partial charge in [-0.05, 0) is 18.9 Å². The van der Waals surface area contributed by atoms with E-state index in [0.717, 1.165) is 12.8 Å². The molecule has 0 radical (unpaired) electrons. The molecular weight excluding hydrogens is 290 g/mol. The Kier molecular flexibility index (Phi) is 4.59. The zero-order valence-corrected chi connectivity index (χ0v) is 11.9. The summed E-state index contributed by atoms with van der Waals surface area (Å²) in [6, 6.07) is 5.97. The fourth-order valence-corrected chi connectivity index (χ4v) is 2.64. The van der Waals surface area contributed by atoms with E-state index < -0.39 is 22.3 Å². The van der Waals surface area contributed by atoms with Crippen molar-refractivity contribution in [2.75, 3.05) is 11.9 Å². The molecule has 1 aliphatic rings. The second-order valence-electron chi connectivity index (χ2n) is 5.27. The van der Waals surface area contributed by atoms with Crippen LogP contribution in [0.2, 0.25) is 0 Å². The molecule has 0 atom stereocenters. The fourth-order valence-electron chi connectivity index (χ4n) is 2.64. The summed E-state index contributed by atoms with van der Waals surface area (Å²) in [5, 5.41) is 25.4. The van der Waals surface area contributed by atoms with Gasteiger partial charge in [0.2, 0.25) is 5.91 Å². The van der Waals surface area contributed by atoms with Gasteiger partial charge in [-0.25, -0.2) is 4.79 Å². The molecular formula is C14H17N3O5. The highest BCUT2D eigenvalue weighted by molar-refractivity contribution is 5.89. The van der Waals surface area contributed by atoms with Gasteiger partial charge in [0, 0.05) is 6.07 Å². The van der Waals surface area contributed by atoms with Gasteiger partial charge in [0.25, 0.3) is 5.69 Å². The maximum atomic E-state index is 12.0. The third kappa shape index (κ3) is 3.33. The van der Waals surface area contributed by atoms with Crippen molar-refractivity contribution in [3.63, 3.8) is 0 Å². The number of carbonyl (C=O) groups is 2. The number of carbonyl (C=O) groups excluding carboxylic acids is 1. The quantitative estimate of drug-likeness (QED) is 0.541. The molecule has 0 aromatic heterocycles. The van der Waals surface area contributed by atoms with Gasteiger partial charge < -0.3 is 15.7 Å². The predicted molar refractivity (Wildman–Crippen MR) is 78.6 cm³/mol. The maximum Gasteiger partial charge on any atom is 0.329 e.